The quantitative estimate of drug-likeness (QED) is 0.389. The largest absolute Gasteiger partial charge is 0.382 e. The van der Waals surface area contributed by atoms with Gasteiger partial charge in [-0.3, -0.25) is 15.2 Å². The van der Waals surface area contributed by atoms with Crippen molar-refractivity contribution in [2.75, 3.05) is 7.05 Å². The molecule has 3 rings (SSSR count). The molecule has 1 aromatic carbocycles. The monoisotopic (exact) mass is 456 g/mol. The molecule has 150 valence electrons. The molecule has 0 spiro atoms. The van der Waals surface area contributed by atoms with E-state index >= 15 is 0 Å². The van der Waals surface area contributed by atoms with Gasteiger partial charge in [0.05, 0.1) is 15.3 Å². The molecule has 0 saturated heterocycles. The van der Waals surface area contributed by atoms with Crippen molar-refractivity contribution in [3.05, 3.63) is 62.7 Å². The number of amidine groups is 1. The summed E-state index contributed by atoms with van der Waals surface area (Å²) in [6.07, 6.45) is 2.31. The summed E-state index contributed by atoms with van der Waals surface area (Å²) in [7, 11) is 1.51. The van der Waals surface area contributed by atoms with Gasteiger partial charge in [-0.1, -0.05) is 29.3 Å². The molecular weight excluding hydrogens is 443 g/mol. The van der Waals surface area contributed by atoms with Crippen LogP contribution in [-0.4, -0.2) is 30.1 Å². The molecule has 0 fully saturated rings. The van der Waals surface area contributed by atoms with Gasteiger partial charge in [0.2, 0.25) is 0 Å². The van der Waals surface area contributed by atoms with Crippen LogP contribution in [0.4, 0.5) is 0 Å². The van der Waals surface area contributed by atoms with Crippen LogP contribution >= 0.6 is 34.5 Å². The van der Waals surface area contributed by atoms with Crippen LogP contribution < -0.4 is 11.1 Å². The normalized spacial score (nSPS) is 11.1. The zero-order valence-electron chi connectivity index (χ0n) is 15.5. The second-order valence-electron chi connectivity index (χ2n) is 5.90. The van der Waals surface area contributed by atoms with Gasteiger partial charge in [0.25, 0.3) is 5.91 Å². The molecule has 1 amide bonds. The predicted molar refractivity (Wildman–Crippen MR) is 121 cm³/mol. The highest BCUT2D eigenvalue weighted by Gasteiger charge is 2.25. The maximum Gasteiger partial charge on any atom is 0.269 e. The van der Waals surface area contributed by atoms with Crippen LogP contribution in [0.15, 0.2) is 41.5 Å². The van der Waals surface area contributed by atoms with Gasteiger partial charge in [-0.2, -0.15) is 5.26 Å². The number of carbonyl (C=O) groups excluding carboxylic acids is 1. The summed E-state index contributed by atoms with van der Waals surface area (Å²) < 4.78 is 0. The van der Waals surface area contributed by atoms with E-state index in [4.69, 9.17) is 34.3 Å². The van der Waals surface area contributed by atoms with Crippen molar-refractivity contribution in [1.82, 2.24) is 10.3 Å². The molecule has 0 saturated carbocycles. The lowest BCUT2D eigenvalue weighted by Crippen LogP contribution is -2.19. The molecule has 30 heavy (non-hydrogen) atoms. The first-order valence-electron chi connectivity index (χ1n) is 8.44. The van der Waals surface area contributed by atoms with Gasteiger partial charge >= 0.3 is 0 Å². The minimum absolute atomic E-state index is 0.0688. The zero-order chi connectivity index (χ0) is 21.8. The molecular formula is C20H14Cl2N6OS. The number of carbonyl (C=O) groups is 1. The minimum Gasteiger partial charge on any atom is -0.382 e. The van der Waals surface area contributed by atoms with Crippen molar-refractivity contribution >= 4 is 52.6 Å². The SMILES string of the molecule is CNC(=O)c1cc(-c2sc(C(N)=NC=N)c(-c3ccc(Cl)cc3Cl)c2C#N)ccn1. The van der Waals surface area contributed by atoms with Gasteiger partial charge in [0.1, 0.15) is 23.9 Å². The third-order valence-corrected chi connectivity index (χ3v) is 5.95. The smallest absolute Gasteiger partial charge is 0.269 e. The number of rotatable bonds is 5. The lowest BCUT2D eigenvalue weighted by molar-refractivity contribution is 0.0958. The van der Waals surface area contributed by atoms with Crippen molar-refractivity contribution in [3.63, 3.8) is 0 Å². The number of hydrogen-bond acceptors (Lipinski definition) is 5. The lowest BCUT2D eigenvalue weighted by Gasteiger charge is -2.07. The number of halogens is 2. The van der Waals surface area contributed by atoms with Crippen LogP contribution in [0, 0.1) is 16.7 Å². The molecule has 0 radical (unpaired) electrons. The fourth-order valence-electron chi connectivity index (χ4n) is 2.82. The van der Waals surface area contributed by atoms with Crippen LogP contribution in [0.5, 0.6) is 0 Å². The number of nitrogens with two attached hydrogens (primary N) is 1. The van der Waals surface area contributed by atoms with E-state index in [1.165, 1.54) is 24.6 Å². The fraction of sp³-hybridized carbons (Fsp3) is 0.0500. The number of nitrogens with zero attached hydrogens (tertiary/aromatic N) is 3. The Hall–Kier alpha value is -3.25. The first kappa shape index (κ1) is 21.5. The summed E-state index contributed by atoms with van der Waals surface area (Å²) in [4.78, 5) is 21.0. The Balaban J connectivity index is 2.34. The molecule has 0 aliphatic carbocycles. The van der Waals surface area contributed by atoms with Crippen LogP contribution in [0.25, 0.3) is 21.6 Å². The molecule has 0 aliphatic rings. The first-order valence-corrected chi connectivity index (χ1v) is 10.0. The van der Waals surface area contributed by atoms with Gasteiger partial charge in [-0.15, -0.1) is 11.3 Å². The lowest BCUT2D eigenvalue weighted by atomic mass is 9.98. The third kappa shape index (κ3) is 4.04. The Kier molecular flexibility index (Phi) is 6.47. The van der Waals surface area contributed by atoms with Crippen LogP contribution in [0.1, 0.15) is 20.9 Å². The van der Waals surface area contributed by atoms with E-state index in [-0.39, 0.29) is 17.4 Å². The average molecular weight is 457 g/mol. The molecule has 0 aliphatic heterocycles. The maximum atomic E-state index is 12.0. The van der Waals surface area contributed by atoms with Gasteiger partial charge < -0.3 is 11.1 Å². The number of thiophene rings is 1. The summed E-state index contributed by atoms with van der Waals surface area (Å²) in [6, 6.07) is 10.4. The van der Waals surface area contributed by atoms with Gasteiger partial charge in [0, 0.05) is 34.4 Å². The minimum atomic E-state index is -0.349. The van der Waals surface area contributed by atoms with E-state index in [0.717, 1.165) is 6.34 Å². The second-order valence-corrected chi connectivity index (χ2v) is 7.76. The third-order valence-electron chi connectivity index (χ3n) is 4.14. The Bertz CT molecular complexity index is 1230. The average Bonchev–Trinajstić information content (AvgIpc) is 3.13. The topological polar surface area (TPSA) is 128 Å². The van der Waals surface area contributed by atoms with Crippen molar-refractivity contribution in [2.45, 2.75) is 0 Å². The van der Waals surface area contributed by atoms with E-state index in [9.17, 15) is 10.1 Å². The summed E-state index contributed by atoms with van der Waals surface area (Å²) in [6.45, 7) is 0. The highest BCUT2D eigenvalue weighted by Crippen LogP contribution is 2.44. The second kappa shape index (κ2) is 9.05. The fourth-order valence-corrected chi connectivity index (χ4v) is 4.50. The van der Waals surface area contributed by atoms with E-state index in [1.54, 1.807) is 30.3 Å². The highest BCUT2D eigenvalue weighted by atomic mass is 35.5. The number of pyridine rings is 1. The predicted octanol–water partition coefficient (Wildman–Crippen LogP) is 4.33. The van der Waals surface area contributed by atoms with Crippen LogP contribution in [0.2, 0.25) is 10.0 Å². The molecule has 4 N–H and O–H groups in total. The maximum absolute atomic E-state index is 12.0. The molecule has 2 aromatic heterocycles. The number of nitriles is 1. The molecule has 0 unspecified atom stereocenters. The molecule has 7 nitrogen and oxygen atoms in total. The van der Waals surface area contributed by atoms with Crippen LogP contribution in [0.3, 0.4) is 0 Å². The van der Waals surface area contributed by atoms with E-state index < -0.39 is 0 Å². The number of nitrogens with one attached hydrogen (secondary N) is 2. The van der Waals surface area contributed by atoms with Crippen molar-refractivity contribution < 1.29 is 4.79 Å². The van der Waals surface area contributed by atoms with Gasteiger partial charge in [-0.05, 0) is 29.8 Å². The number of aromatic nitrogens is 1. The van der Waals surface area contributed by atoms with E-state index in [0.29, 0.717) is 42.1 Å². The van der Waals surface area contributed by atoms with E-state index in [2.05, 4.69) is 21.4 Å². The van der Waals surface area contributed by atoms with Gasteiger partial charge in [-0.25, -0.2) is 4.99 Å². The molecule has 2 heterocycles. The Morgan fingerprint density at radius 2 is 2.13 bits per heavy atom. The highest BCUT2D eigenvalue weighted by molar-refractivity contribution is 7.18. The van der Waals surface area contributed by atoms with Crippen molar-refractivity contribution in [2.24, 2.45) is 10.7 Å². The number of hydrogen-bond donors (Lipinski definition) is 3. The van der Waals surface area contributed by atoms with Crippen molar-refractivity contribution in [1.29, 1.82) is 10.7 Å². The summed E-state index contributed by atoms with van der Waals surface area (Å²) >= 11 is 13.6. The van der Waals surface area contributed by atoms with E-state index in [1.807, 2.05) is 0 Å². The summed E-state index contributed by atoms with van der Waals surface area (Å²) in [5, 5.41) is 20.5. The standard InChI is InChI=1S/C20H14Cl2N6OS/c1-26-20(29)15-6-10(4-5-27-15)17-13(8-23)16(18(30-17)19(25)28-9-24)12-3-2-11(21)7-14(12)22/h2-7,9H,1H3,(H,26,29)(H3,24,25,28). The Morgan fingerprint density at radius 1 is 1.37 bits per heavy atom. The number of amides is 1. The summed E-state index contributed by atoms with van der Waals surface area (Å²) in [5.74, 6) is -0.280. The number of benzene rings is 1. The van der Waals surface area contributed by atoms with Crippen molar-refractivity contribution in [3.8, 4) is 27.6 Å². The molecule has 10 heteroatoms. The molecule has 0 atom stereocenters. The Morgan fingerprint density at radius 3 is 2.77 bits per heavy atom. The summed E-state index contributed by atoms with van der Waals surface area (Å²) in [5.41, 5.74) is 8.28. The first-order chi connectivity index (χ1) is 14.4. The van der Waals surface area contributed by atoms with Gasteiger partial charge in [0.15, 0.2) is 0 Å². The molecule has 3 aromatic rings. The zero-order valence-corrected chi connectivity index (χ0v) is 17.9. The number of aliphatic imine (C=N–C) groups is 1. The van der Waals surface area contributed by atoms with Crippen LogP contribution in [-0.2, 0) is 0 Å². The molecule has 0 bridgehead atoms. The Labute approximate surface area is 186 Å².